The molecule has 7 nitrogen and oxygen atoms in total. The summed E-state index contributed by atoms with van der Waals surface area (Å²) in [7, 11) is 1.89. The quantitative estimate of drug-likeness (QED) is 0.893. The molecule has 0 radical (unpaired) electrons. The average molecular weight is 375 g/mol. The molecule has 1 amide bonds. The van der Waals surface area contributed by atoms with E-state index < -0.39 is 0 Å². The molecule has 1 N–H and O–H groups in total. The lowest BCUT2D eigenvalue weighted by Gasteiger charge is -2.30. The molecule has 26 heavy (non-hydrogen) atoms. The molecule has 1 saturated heterocycles. The van der Waals surface area contributed by atoms with E-state index in [0.29, 0.717) is 11.7 Å². The van der Waals surface area contributed by atoms with E-state index in [4.69, 9.17) is 0 Å². The van der Waals surface area contributed by atoms with Crippen molar-refractivity contribution >= 4 is 17.2 Å². The number of aromatic nitrogens is 4. The van der Waals surface area contributed by atoms with Crippen LogP contribution in [0.3, 0.4) is 0 Å². The molecule has 1 aliphatic heterocycles. The highest BCUT2D eigenvalue weighted by Gasteiger charge is 2.32. The van der Waals surface area contributed by atoms with Crippen LogP contribution in [0.15, 0.2) is 0 Å². The van der Waals surface area contributed by atoms with E-state index in [1.54, 1.807) is 11.3 Å². The van der Waals surface area contributed by atoms with Crippen molar-refractivity contribution in [3.63, 3.8) is 0 Å². The zero-order chi connectivity index (χ0) is 18.3. The lowest BCUT2D eigenvalue weighted by Crippen LogP contribution is -2.33. The first-order valence-electron chi connectivity index (χ1n) is 9.42. The molecule has 8 heteroatoms. The number of rotatable bonds is 3. The van der Waals surface area contributed by atoms with Crippen molar-refractivity contribution in [2.24, 2.45) is 0 Å². The van der Waals surface area contributed by atoms with E-state index in [-0.39, 0.29) is 11.9 Å². The maximum Gasteiger partial charge on any atom is 0.276 e. The first kappa shape index (κ1) is 17.6. The number of hydrogen-bond donors (Lipinski definition) is 1. The average Bonchev–Trinajstić information content (AvgIpc) is 3.22. The molecule has 1 atom stereocenters. The molecule has 1 aliphatic carbocycles. The van der Waals surface area contributed by atoms with E-state index in [1.165, 1.54) is 10.6 Å². The van der Waals surface area contributed by atoms with Gasteiger partial charge in [-0.25, -0.2) is 9.67 Å². The Morgan fingerprint density at radius 3 is 2.81 bits per heavy atom. The van der Waals surface area contributed by atoms with Crippen molar-refractivity contribution in [3.05, 3.63) is 27.0 Å². The first-order valence-corrected chi connectivity index (χ1v) is 10.2. The Morgan fingerprint density at radius 2 is 2.04 bits per heavy atom. The summed E-state index contributed by atoms with van der Waals surface area (Å²) in [6, 6.07) is 0.432. The van der Waals surface area contributed by atoms with Gasteiger partial charge in [0.1, 0.15) is 0 Å². The van der Waals surface area contributed by atoms with Crippen molar-refractivity contribution in [1.29, 1.82) is 0 Å². The fourth-order valence-electron chi connectivity index (χ4n) is 4.13. The number of aryl methyl sites for hydroxylation is 2. The van der Waals surface area contributed by atoms with Crippen molar-refractivity contribution in [1.82, 2.24) is 30.2 Å². The van der Waals surface area contributed by atoms with Gasteiger partial charge in [-0.3, -0.25) is 4.79 Å². The highest BCUT2D eigenvalue weighted by atomic mass is 32.1. The maximum atomic E-state index is 13.2. The van der Waals surface area contributed by atoms with Gasteiger partial charge >= 0.3 is 0 Å². The minimum atomic E-state index is -0.0356. The Balaban J connectivity index is 1.57. The number of fused-ring (bicyclic) bond motifs is 1. The molecule has 2 aliphatic rings. The van der Waals surface area contributed by atoms with Gasteiger partial charge < -0.3 is 10.2 Å². The third-order valence-electron chi connectivity index (χ3n) is 5.60. The van der Waals surface area contributed by atoms with Crippen molar-refractivity contribution < 1.29 is 4.79 Å². The zero-order valence-corrected chi connectivity index (χ0v) is 16.5. The monoisotopic (exact) mass is 374 g/mol. The van der Waals surface area contributed by atoms with Crippen LogP contribution in [0.2, 0.25) is 0 Å². The summed E-state index contributed by atoms with van der Waals surface area (Å²) < 4.78 is 1.95. The molecule has 0 bridgehead atoms. The van der Waals surface area contributed by atoms with Crippen LogP contribution in [0.25, 0.3) is 0 Å². The summed E-state index contributed by atoms with van der Waals surface area (Å²) in [5, 5.41) is 13.0. The number of hydrogen-bond acceptors (Lipinski definition) is 6. The second-order valence-corrected chi connectivity index (χ2v) is 8.55. The number of piperidine rings is 1. The number of carbonyl (C=O) groups excluding carboxylic acids is 1. The minimum absolute atomic E-state index is 0.0356. The van der Waals surface area contributed by atoms with Crippen molar-refractivity contribution in [3.8, 4) is 0 Å². The van der Waals surface area contributed by atoms with Crippen LogP contribution in [-0.2, 0) is 6.42 Å². The van der Waals surface area contributed by atoms with Gasteiger partial charge in [-0.05, 0) is 59.0 Å². The predicted octanol–water partition coefficient (Wildman–Crippen LogP) is 2.43. The van der Waals surface area contributed by atoms with Crippen LogP contribution in [0.4, 0.5) is 0 Å². The molecule has 0 spiro atoms. The van der Waals surface area contributed by atoms with Gasteiger partial charge in [0, 0.05) is 7.05 Å². The first-order chi connectivity index (χ1) is 12.6. The van der Waals surface area contributed by atoms with Gasteiger partial charge in [-0.2, -0.15) is 0 Å². The lowest BCUT2D eigenvalue weighted by atomic mass is 9.96. The van der Waals surface area contributed by atoms with Gasteiger partial charge in [0.25, 0.3) is 5.91 Å². The van der Waals surface area contributed by atoms with Gasteiger partial charge in [-0.15, -0.1) is 16.4 Å². The van der Waals surface area contributed by atoms with Crippen LogP contribution < -0.4 is 5.32 Å². The Hall–Kier alpha value is -1.80. The second-order valence-electron chi connectivity index (χ2n) is 7.32. The summed E-state index contributed by atoms with van der Waals surface area (Å²) in [6.07, 6.45) is 5.13. The Bertz CT molecular complexity index is 807. The Kier molecular flexibility index (Phi) is 4.79. The number of thiazole rings is 1. The van der Waals surface area contributed by atoms with Gasteiger partial charge in [0.05, 0.1) is 33.4 Å². The van der Waals surface area contributed by atoms with Crippen molar-refractivity contribution in [2.45, 2.75) is 58.0 Å². The highest BCUT2D eigenvalue weighted by molar-refractivity contribution is 7.11. The maximum absolute atomic E-state index is 13.2. The fourth-order valence-corrected chi connectivity index (χ4v) is 5.29. The van der Waals surface area contributed by atoms with Crippen LogP contribution in [0.5, 0.6) is 0 Å². The molecule has 4 rings (SSSR count). The molecule has 2 aromatic rings. The zero-order valence-electron chi connectivity index (χ0n) is 15.7. The summed E-state index contributed by atoms with van der Waals surface area (Å²) in [6.45, 7) is 5.98. The van der Waals surface area contributed by atoms with Gasteiger partial charge in [-0.1, -0.05) is 5.21 Å². The van der Waals surface area contributed by atoms with Crippen LogP contribution in [-0.4, -0.2) is 50.9 Å². The SMILES string of the molecule is Cc1nc2c(s1)[C@H](N(C)C(=O)c1nnn(C3CCNCC3)c1C)CCC2. The third-order valence-corrected chi connectivity index (χ3v) is 6.72. The van der Waals surface area contributed by atoms with E-state index in [0.717, 1.165) is 55.9 Å². The van der Waals surface area contributed by atoms with Gasteiger partial charge in [0.2, 0.25) is 0 Å². The largest absolute Gasteiger partial charge is 0.332 e. The molecule has 140 valence electrons. The molecule has 3 heterocycles. The third kappa shape index (κ3) is 3.05. The van der Waals surface area contributed by atoms with Crippen LogP contribution >= 0.6 is 11.3 Å². The van der Waals surface area contributed by atoms with Crippen LogP contribution in [0.1, 0.15) is 69.5 Å². The van der Waals surface area contributed by atoms with E-state index >= 15 is 0 Å². The molecule has 0 unspecified atom stereocenters. The van der Waals surface area contributed by atoms with Gasteiger partial charge in [0.15, 0.2) is 5.69 Å². The summed E-state index contributed by atoms with van der Waals surface area (Å²) in [5.74, 6) is -0.0356. The number of nitrogens with one attached hydrogen (secondary N) is 1. The smallest absolute Gasteiger partial charge is 0.276 e. The normalized spacial score (nSPS) is 20.8. The second kappa shape index (κ2) is 7.08. The predicted molar refractivity (Wildman–Crippen MR) is 101 cm³/mol. The summed E-state index contributed by atoms with van der Waals surface area (Å²) >= 11 is 1.72. The molecule has 0 saturated carbocycles. The highest BCUT2D eigenvalue weighted by Crippen LogP contribution is 2.38. The number of nitrogens with zero attached hydrogens (tertiary/aromatic N) is 5. The molecular formula is C18H26N6OS. The molecular weight excluding hydrogens is 348 g/mol. The molecule has 1 fully saturated rings. The number of amides is 1. The van der Waals surface area contributed by atoms with E-state index in [2.05, 4.69) is 20.6 Å². The fraction of sp³-hybridized carbons (Fsp3) is 0.667. The summed E-state index contributed by atoms with van der Waals surface area (Å²) in [4.78, 5) is 20.9. The molecule has 2 aromatic heterocycles. The standard InChI is InChI=1S/C18H26N6OS/c1-11-16(21-22-24(11)13-7-9-19-10-8-13)18(25)23(3)15-6-4-5-14-17(15)26-12(2)20-14/h13,15,19H,4-10H2,1-3H3/t15-/m1/s1. The minimum Gasteiger partial charge on any atom is -0.332 e. The Morgan fingerprint density at radius 1 is 1.27 bits per heavy atom. The van der Waals surface area contributed by atoms with Crippen LogP contribution in [0, 0.1) is 13.8 Å². The number of carbonyl (C=O) groups is 1. The topological polar surface area (TPSA) is 75.9 Å². The van der Waals surface area contributed by atoms with E-state index in [1.807, 2.05) is 30.5 Å². The van der Waals surface area contributed by atoms with E-state index in [9.17, 15) is 4.79 Å². The molecule has 0 aromatic carbocycles. The Labute approximate surface area is 157 Å². The van der Waals surface area contributed by atoms with Crippen molar-refractivity contribution in [2.75, 3.05) is 20.1 Å². The lowest BCUT2D eigenvalue weighted by molar-refractivity contribution is 0.0711. The summed E-state index contributed by atoms with van der Waals surface area (Å²) in [5.41, 5.74) is 2.53.